The Balaban J connectivity index is 2.77. The van der Waals surface area contributed by atoms with Gasteiger partial charge < -0.3 is 10.7 Å². The van der Waals surface area contributed by atoms with Crippen molar-refractivity contribution in [1.29, 1.82) is 5.41 Å². The average Bonchev–Trinajstić information content (AvgIpc) is 2.43. The molecule has 0 saturated heterocycles. The molecule has 0 aromatic heterocycles. The van der Waals surface area contributed by atoms with Crippen molar-refractivity contribution in [2.24, 2.45) is 0 Å². The molecule has 1 aromatic rings. The van der Waals surface area contributed by atoms with Gasteiger partial charge in [-0.3, -0.25) is 4.79 Å². The molecule has 0 saturated carbocycles. The molecule has 3 heteroatoms. The minimum Gasteiger partial charge on any atom is -0.311 e. The topological polar surface area (TPSA) is 53.0 Å². The molecule has 2 N–H and O–H groups in total. The zero-order valence-electron chi connectivity index (χ0n) is 12.1. The molecule has 0 aliphatic heterocycles. The van der Waals surface area contributed by atoms with Gasteiger partial charge in [-0.2, -0.15) is 0 Å². The van der Waals surface area contributed by atoms with Gasteiger partial charge in [0.2, 0.25) is 0 Å². The standard InChI is InChI=1S/C16H24N2O/c1-4-5-6-11-18-16(3,12-17)15-9-7-14(8-10-15)13(2)19/h7-10,12,17-18H,4-6,11H2,1-3H3. The molecule has 104 valence electrons. The van der Waals surface area contributed by atoms with Crippen LogP contribution in [-0.2, 0) is 5.54 Å². The Hall–Kier alpha value is -1.48. The van der Waals surface area contributed by atoms with Gasteiger partial charge in [0.15, 0.2) is 5.78 Å². The average molecular weight is 260 g/mol. The van der Waals surface area contributed by atoms with Crippen LogP contribution in [0.2, 0.25) is 0 Å². The number of rotatable bonds is 8. The number of carbonyl (C=O) groups is 1. The smallest absolute Gasteiger partial charge is 0.159 e. The molecule has 0 bridgehead atoms. The van der Waals surface area contributed by atoms with Crippen molar-refractivity contribution in [2.45, 2.75) is 45.6 Å². The number of hydrogen-bond donors (Lipinski definition) is 2. The van der Waals surface area contributed by atoms with Gasteiger partial charge in [-0.15, -0.1) is 0 Å². The summed E-state index contributed by atoms with van der Waals surface area (Å²) in [7, 11) is 0. The van der Waals surface area contributed by atoms with E-state index in [4.69, 9.17) is 5.41 Å². The zero-order chi connectivity index (χ0) is 14.3. The number of hydrogen-bond acceptors (Lipinski definition) is 3. The van der Waals surface area contributed by atoms with Crippen molar-refractivity contribution < 1.29 is 4.79 Å². The van der Waals surface area contributed by atoms with E-state index in [1.807, 2.05) is 31.2 Å². The number of Topliss-reactive ketones (excluding diaryl/α,β-unsaturated/α-hetero) is 1. The summed E-state index contributed by atoms with van der Waals surface area (Å²) in [5.41, 5.74) is 1.27. The first-order valence-corrected chi connectivity index (χ1v) is 6.91. The second-order valence-electron chi connectivity index (χ2n) is 5.11. The van der Waals surface area contributed by atoms with Crippen LogP contribution in [-0.4, -0.2) is 18.5 Å². The van der Waals surface area contributed by atoms with Crippen molar-refractivity contribution >= 4 is 12.0 Å². The maximum atomic E-state index is 11.3. The molecule has 0 radical (unpaired) electrons. The van der Waals surface area contributed by atoms with E-state index >= 15 is 0 Å². The molecular formula is C16H24N2O. The van der Waals surface area contributed by atoms with E-state index in [0.717, 1.165) is 18.5 Å². The lowest BCUT2D eigenvalue weighted by atomic mass is 9.92. The highest BCUT2D eigenvalue weighted by Gasteiger charge is 2.22. The summed E-state index contributed by atoms with van der Waals surface area (Å²) in [5, 5.41) is 11.1. The minimum absolute atomic E-state index is 0.0685. The highest BCUT2D eigenvalue weighted by molar-refractivity contribution is 5.94. The van der Waals surface area contributed by atoms with Gasteiger partial charge in [0.1, 0.15) is 0 Å². The molecule has 0 aliphatic rings. The second-order valence-corrected chi connectivity index (χ2v) is 5.11. The number of unbranched alkanes of at least 4 members (excludes halogenated alkanes) is 2. The maximum Gasteiger partial charge on any atom is 0.159 e. The number of nitrogens with one attached hydrogen (secondary N) is 2. The SMILES string of the molecule is CCCCCNC(C)(C=N)c1ccc(C(C)=O)cc1. The van der Waals surface area contributed by atoms with Gasteiger partial charge >= 0.3 is 0 Å². The van der Waals surface area contributed by atoms with Crippen LogP contribution < -0.4 is 5.32 Å². The number of benzene rings is 1. The molecule has 0 aliphatic carbocycles. The molecule has 1 rings (SSSR count). The molecule has 1 aromatic carbocycles. The van der Waals surface area contributed by atoms with Crippen LogP contribution >= 0.6 is 0 Å². The summed E-state index contributed by atoms with van der Waals surface area (Å²) in [6, 6.07) is 7.50. The second kappa shape index (κ2) is 7.19. The first kappa shape index (κ1) is 15.6. The van der Waals surface area contributed by atoms with Crippen molar-refractivity contribution in [3.63, 3.8) is 0 Å². The molecule has 0 spiro atoms. The van der Waals surface area contributed by atoms with E-state index in [9.17, 15) is 4.79 Å². The molecule has 1 unspecified atom stereocenters. The number of ketones is 1. The zero-order valence-corrected chi connectivity index (χ0v) is 12.1. The summed E-state index contributed by atoms with van der Waals surface area (Å²) in [6.45, 7) is 6.63. The first-order valence-electron chi connectivity index (χ1n) is 6.91. The van der Waals surface area contributed by atoms with Crippen molar-refractivity contribution in [3.05, 3.63) is 35.4 Å². The van der Waals surface area contributed by atoms with Crippen LogP contribution in [0.5, 0.6) is 0 Å². The van der Waals surface area contributed by atoms with E-state index in [2.05, 4.69) is 12.2 Å². The van der Waals surface area contributed by atoms with Gasteiger partial charge in [-0.05, 0) is 32.4 Å². The Morgan fingerprint density at radius 3 is 2.42 bits per heavy atom. The normalized spacial score (nSPS) is 13.8. The van der Waals surface area contributed by atoms with Crippen LogP contribution in [0.25, 0.3) is 0 Å². The van der Waals surface area contributed by atoms with Gasteiger partial charge in [-0.1, -0.05) is 44.0 Å². The van der Waals surface area contributed by atoms with E-state index in [1.54, 1.807) is 6.92 Å². The third-order valence-electron chi connectivity index (χ3n) is 3.45. The Morgan fingerprint density at radius 2 is 1.95 bits per heavy atom. The van der Waals surface area contributed by atoms with E-state index in [0.29, 0.717) is 5.56 Å². The molecule has 1 atom stereocenters. The Bertz CT molecular complexity index is 425. The quantitative estimate of drug-likeness (QED) is 0.427. The summed E-state index contributed by atoms with van der Waals surface area (Å²) in [4.78, 5) is 11.3. The lowest BCUT2D eigenvalue weighted by Crippen LogP contribution is -2.41. The molecule has 0 amide bonds. The first-order chi connectivity index (χ1) is 9.03. The predicted octanol–water partition coefficient (Wildman–Crippen LogP) is 3.53. The Kier molecular flexibility index (Phi) is 5.90. The largest absolute Gasteiger partial charge is 0.311 e. The molecule has 0 fully saturated rings. The molecular weight excluding hydrogens is 236 g/mol. The fraction of sp³-hybridized carbons (Fsp3) is 0.500. The summed E-state index contributed by atoms with van der Waals surface area (Å²) in [5.74, 6) is 0.0685. The van der Waals surface area contributed by atoms with Crippen molar-refractivity contribution in [3.8, 4) is 0 Å². The van der Waals surface area contributed by atoms with E-state index in [1.165, 1.54) is 19.1 Å². The monoisotopic (exact) mass is 260 g/mol. The van der Waals surface area contributed by atoms with Crippen molar-refractivity contribution in [1.82, 2.24) is 5.32 Å². The molecule has 3 nitrogen and oxygen atoms in total. The number of carbonyl (C=O) groups excluding carboxylic acids is 1. The highest BCUT2D eigenvalue weighted by Crippen LogP contribution is 2.19. The summed E-state index contributed by atoms with van der Waals surface area (Å²) >= 11 is 0. The van der Waals surface area contributed by atoms with E-state index in [-0.39, 0.29) is 5.78 Å². The van der Waals surface area contributed by atoms with Crippen LogP contribution in [0.15, 0.2) is 24.3 Å². The van der Waals surface area contributed by atoms with Crippen LogP contribution in [0.4, 0.5) is 0 Å². The van der Waals surface area contributed by atoms with E-state index < -0.39 is 5.54 Å². The third kappa shape index (κ3) is 4.28. The molecule has 19 heavy (non-hydrogen) atoms. The Labute approximate surface area is 115 Å². The van der Waals surface area contributed by atoms with Crippen LogP contribution in [0.3, 0.4) is 0 Å². The van der Waals surface area contributed by atoms with Crippen molar-refractivity contribution in [2.75, 3.05) is 6.54 Å². The van der Waals surface area contributed by atoms with Gasteiger partial charge in [-0.25, -0.2) is 0 Å². The molecule has 0 heterocycles. The van der Waals surface area contributed by atoms with Crippen LogP contribution in [0.1, 0.15) is 56.0 Å². The summed E-state index contributed by atoms with van der Waals surface area (Å²) in [6.07, 6.45) is 4.94. The maximum absolute atomic E-state index is 11.3. The van der Waals surface area contributed by atoms with Gasteiger partial charge in [0.25, 0.3) is 0 Å². The van der Waals surface area contributed by atoms with Gasteiger partial charge in [0.05, 0.1) is 5.54 Å². The predicted molar refractivity (Wildman–Crippen MR) is 80.1 cm³/mol. The third-order valence-corrected chi connectivity index (χ3v) is 3.45. The van der Waals surface area contributed by atoms with Gasteiger partial charge in [0, 0.05) is 11.8 Å². The fourth-order valence-corrected chi connectivity index (χ4v) is 2.01. The lowest BCUT2D eigenvalue weighted by Gasteiger charge is -2.27. The highest BCUT2D eigenvalue weighted by atomic mass is 16.1. The Morgan fingerprint density at radius 1 is 1.32 bits per heavy atom. The van der Waals surface area contributed by atoms with Crippen LogP contribution in [0, 0.1) is 5.41 Å². The minimum atomic E-state index is -0.455. The lowest BCUT2D eigenvalue weighted by molar-refractivity contribution is 0.101. The fourth-order valence-electron chi connectivity index (χ4n) is 2.01. The summed E-state index contributed by atoms with van der Waals surface area (Å²) < 4.78 is 0.